The fourth-order valence-corrected chi connectivity index (χ4v) is 5.16. The smallest absolute Gasteiger partial charge is 0.251 e. The molecule has 2 aromatic heterocycles. The van der Waals surface area contributed by atoms with Crippen molar-refractivity contribution in [2.75, 3.05) is 26.2 Å². The molecule has 3 aliphatic heterocycles. The standard InChI is InChI=1S/C22H26N4O2.ClH/c27-21-9-18(16-3-1-5-23-10-16)8-20-19-7-15(13-26(20)21)12-25(14-19)22(28)17-4-2-6-24-11-17;/h1,3,5,8-10,15,17,19,24H,2,4,6-7,11-14H2;1H/t15-,17-,19+;/m0./s1. The minimum Gasteiger partial charge on any atom is -0.341 e. The number of nitrogens with zero attached hydrogens (tertiary/aromatic N) is 3. The van der Waals surface area contributed by atoms with Gasteiger partial charge >= 0.3 is 0 Å². The number of fused-ring (bicyclic) bond motifs is 4. The number of likely N-dealkylation sites (tertiary alicyclic amines) is 1. The van der Waals surface area contributed by atoms with Crippen LogP contribution in [0.1, 0.15) is 30.9 Å². The highest BCUT2D eigenvalue weighted by Gasteiger charge is 2.38. The number of nitrogens with one attached hydrogen (secondary N) is 1. The number of pyridine rings is 2. The molecule has 2 fully saturated rings. The second-order valence-electron chi connectivity index (χ2n) is 8.44. The largest absolute Gasteiger partial charge is 0.341 e. The summed E-state index contributed by atoms with van der Waals surface area (Å²) in [4.78, 5) is 32.1. The molecule has 0 radical (unpaired) electrons. The van der Waals surface area contributed by atoms with E-state index >= 15 is 0 Å². The molecule has 0 aliphatic carbocycles. The first kappa shape index (κ1) is 20.1. The van der Waals surface area contributed by atoms with Gasteiger partial charge in [0.25, 0.3) is 5.56 Å². The lowest BCUT2D eigenvalue weighted by Crippen LogP contribution is -2.52. The number of rotatable bonds is 2. The molecular formula is C22H27ClN4O2. The lowest BCUT2D eigenvalue weighted by Gasteiger charge is -2.44. The number of hydrogen-bond acceptors (Lipinski definition) is 4. The molecule has 29 heavy (non-hydrogen) atoms. The van der Waals surface area contributed by atoms with Crippen molar-refractivity contribution in [3.63, 3.8) is 0 Å². The Labute approximate surface area is 176 Å². The van der Waals surface area contributed by atoms with Gasteiger partial charge in [0.2, 0.25) is 5.91 Å². The summed E-state index contributed by atoms with van der Waals surface area (Å²) < 4.78 is 1.93. The van der Waals surface area contributed by atoms with Crippen LogP contribution in [-0.2, 0) is 11.3 Å². The Morgan fingerprint density at radius 3 is 2.83 bits per heavy atom. The molecule has 3 aliphatic rings. The van der Waals surface area contributed by atoms with Crippen molar-refractivity contribution >= 4 is 18.3 Å². The van der Waals surface area contributed by atoms with E-state index in [0.717, 1.165) is 62.3 Å². The van der Waals surface area contributed by atoms with Crippen molar-refractivity contribution < 1.29 is 4.79 Å². The van der Waals surface area contributed by atoms with Crippen LogP contribution < -0.4 is 10.9 Å². The number of hydrogen-bond donors (Lipinski definition) is 1. The van der Waals surface area contributed by atoms with Gasteiger partial charge in [0.05, 0.1) is 5.92 Å². The molecule has 1 N–H and O–H groups in total. The van der Waals surface area contributed by atoms with Gasteiger partial charge in [-0.05, 0) is 49.4 Å². The maximum atomic E-state index is 13.1. The Morgan fingerprint density at radius 2 is 2.07 bits per heavy atom. The lowest BCUT2D eigenvalue weighted by molar-refractivity contribution is -0.138. The highest BCUT2D eigenvalue weighted by molar-refractivity contribution is 5.85. The first-order valence-electron chi connectivity index (χ1n) is 10.3. The number of carbonyl (C=O) groups is 1. The first-order chi connectivity index (χ1) is 13.7. The molecule has 0 saturated carbocycles. The Bertz CT molecular complexity index is 940. The summed E-state index contributed by atoms with van der Waals surface area (Å²) >= 11 is 0. The summed E-state index contributed by atoms with van der Waals surface area (Å²) in [5.41, 5.74) is 3.01. The van der Waals surface area contributed by atoms with Crippen LogP contribution in [0, 0.1) is 11.8 Å². The summed E-state index contributed by atoms with van der Waals surface area (Å²) in [5, 5.41) is 3.36. The minimum absolute atomic E-state index is 0. The Kier molecular flexibility index (Phi) is 5.74. The van der Waals surface area contributed by atoms with Crippen LogP contribution in [0.25, 0.3) is 11.1 Å². The van der Waals surface area contributed by atoms with Gasteiger partial charge < -0.3 is 14.8 Å². The first-order valence-corrected chi connectivity index (χ1v) is 10.3. The summed E-state index contributed by atoms with van der Waals surface area (Å²) in [6, 6.07) is 7.73. The van der Waals surface area contributed by atoms with E-state index in [0.29, 0.717) is 18.4 Å². The summed E-state index contributed by atoms with van der Waals surface area (Å²) in [5.74, 6) is 1.00. The fourth-order valence-electron chi connectivity index (χ4n) is 5.16. The van der Waals surface area contributed by atoms with E-state index < -0.39 is 0 Å². The van der Waals surface area contributed by atoms with Crippen LogP contribution in [-0.4, -0.2) is 46.5 Å². The third-order valence-corrected chi connectivity index (χ3v) is 6.51. The normalized spacial score (nSPS) is 25.7. The highest BCUT2D eigenvalue weighted by atomic mass is 35.5. The molecule has 0 unspecified atom stereocenters. The zero-order valence-corrected chi connectivity index (χ0v) is 17.2. The predicted octanol–water partition coefficient (Wildman–Crippen LogP) is 2.28. The minimum atomic E-state index is 0. The van der Waals surface area contributed by atoms with Gasteiger partial charge in [0.1, 0.15) is 0 Å². The molecular weight excluding hydrogens is 388 g/mol. The van der Waals surface area contributed by atoms with Crippen molar-refractivity contribution in [2.24, 2.45) is 11.8 Å². The molecule has 2 saturated heterocycles. The second-order valence-corrected chi connectivity index (χ2v) is 8.44. The lowest BCUT2D eigenvalue weighted by atomic mass is 9.81. The predicted molar refractivity (Wildman–Crippen MR) is 114 cm³/mol. The number of halogens is 1. The average Bonchev–Trinajstić information content (AvgIpc) is 2.75. The van der Waals surface area contributed by atoms with Gasteiger partial charge in [-0.3, -0.25) is 14.6 Å². The van der Waals surface area contributed by atoms with E-state index in [9.17, 15) is 9.59 Å². The summed E-state index contributed by atoms with van der Waals surface area (Å²) in [6.45, 7) is 4.03. The van der Waals surface area contributed by atoms with Crippen molar-refractivity contribution in [1.29, 1.82) is 0 Å². The van der Waals surface area contributed by atoms with E-state index in [1.165, 1.54) is 0 Å². The maximum absolute atomic E-state index is 13.1. The molecule has 7 heteroatoms. The van der Waals surface area contributed by atoms with Crippen LogP contribution in [0.4, 0.5) is 0 Å². The quantitative estimate of drug-likeness (QED) is 0.818. The summed E-state index contributed by atoms with van der Waals surface area (Å²) in [6.07, 6.45) is 6.65. The highest BCUT2D eigenvalue weighted by Crippen LogP contribution is 2.37. The van der Waals surface area contributed by atoms with E-state index in [1.807, 2.05) is 16.7 Å². The van der Waals surface area contributed by atoms with Gasteiger partial charge in [-0.2, -0.15) is 0 Å². The molecule has 0 aromatic carbocycles. The Balaban J connectivity index is 0.00000205. The van der Waals surface area contributed by atoms with Gasteiger partial charge in [-0.1, -0.05) is 6.07 Å². The van der Waals surface area contributed by atoms with Gasteiger partial charge in [-0.15, -0.1) is 12.4 Å². The molecule has 5 rings (SSSR count). The maximum Gasteiger partial charge on any atom is 0.251 e. The molecule has 154 valence electrons. The van der Waals surface area contributed by atoms with Crippen LogP contribution >= 0.6 is 12.4 Å². The molecule has 3 atom stereocenters. The molecule has 1 amide bonds. The fraction of sp³-hybridized carbons (Fsp3) is 0.500. The third-order valence-electron chi connectivity index (χ3n) is 6.51. The number of aromatic nitrogens is 2. The van der Waals surface area contributed by atoms with E-state index in [4.69, 9.17) is 0 Å². The zero-order chi connectivity index (χ0) is 19.1. The second kappa shape index (κ2) is 8.28. The van der Waals surface area contributed by atoms with Crippen LogP contribution in [0.5, 0.6) is 0 Å². The molecule has 2 aromatic rings. The van der Waals surface area contributed by atoms with Crippen LogP contribution in [0.3, 0.4) is 0 Å². The summed E-state index contributed by atoms with van der Waals surface area (Å²) in [7, 11) is 0. The zero-order valence-electron chi connectivity index (χ0n) is 16.4. The molecule has 5 heterocycles. The topological polar surface area (TPSA) is 67.2 Å². The van der Waals surface area contributed by atoms with E-state index in [-0.39, 0.29) is 29.8 Å². The van der Waals surface area contributed by atoms with Gasteiger partial charge in [-0.25, -0.2) is 0 Å². The molecule has 2 bridgehead atoms. The molecule has 6 nitrogen and oxygen atoms in total. The van der Waals surface area contributed by atoms with Gasteiger partial charge in [0, 0.05) is 61.8 Å². The Morgan fingerprint density at radius 1 is 1.17 bits per heavy atom. The number of piperidine rings is 2. The van der Waals surface area contributed by atoms with Crippen molar-refractivity contribution in [3.05, 3.63) is 52.7 Å². The van der Waals surface area contributed by atoms with E-state index in [2.05, 4.69) is 21.3 Å². The van der Waals surface area contributed by atoms with Gasteiger partial charge in [0.15, 0.2) is 0 Å². The van der Waals surface area contributed by atoms with Crippen LogP contribution in [0.15, 0.2) is 41.5 Å². The third kappa shape index (κ3) is 3.83. The van der Waals surface area contributed by atoms with Crippen LogP contribution in [0.2, 0.25) is 0 Å². The van der Waals surface area contributed by atoms with Crippen molar-refractivity contribution in [1.82, 2.24) is 19.8 Å². The van der Waals surface area contributed by atoms with Crippen molar-refractivity contribution in [3.8, 4) is 11.1 Å². The SMILES string of the molecule is Cl.O=C([C@H]1CCCNC1)N1C[C@@H]2C[C@H](C1)c1cc(-c3cccnc3)cc(=O)n1C2. The monoisotopic (exact) mass is 414 g/mol. The van der Waals surface area contributed by atoms with E-state index in [1.54, 1.807) is 18.5 Å². The number of carbonyl (C=O) groups excluding carboxylic acids is 1. The molecule has 0 spiro atoms. The number of amides is 1. The average molecular weight is 415 g/mol. The Hall–Kier alpha value is -2.18. The van der Waals surface area contributed by atoms with Crippen molar-refractivity contribution in [2.45, 2.75) is 31.7 Å².